The zero-order valence-electron chi connectivity index (χ0n) is 16.9. The van der Waals surface area contributed by atoms with E-state index in [-0.39, 0.29) is 0 Å². The maximum atomic E-state index is 5.87. The molecular formula is C22H26N4O3. The summed E-state index contributed by atoms with van der Waals surface area (Å²) in [6, 6.07) is 15.8. The number of ether oxygens (including phenoxy) is 2. The number of hydrogen-bond acceptors (Lipinski definition) is 7. The largest absolute Gasteiger partial charge is 0.497 e. The lowest BCUT2D eigenvalue weighted by molar-refractivity contribution is 0.226. The molecule has 0 spiro atoms. The molecule has 0 N–H and O–H groups in total. The van der Waals surface area contributed by atoms with Crippen LogP contribution in [0.4, 0.5) is 5.69 Å². The predicted molar refractivity (Wildman–Crippen MR) is 111 cm³/mol. The van der Waals surface area contributed by atoms with Crippen molar-refractivity contribution in [3.05, 3.63) is 54.4 Å². The van der Waals surface area contributed by atoms with Gasteiger partial charge in [-0.2, -0.15) is 0 Å². The van der Waals surface area contributed by atoms with Gasteiger partial charge in [-0.3, -0.25) is 4.90 Å². The fourth-order valence-electron chi connectivity index (χ4n) is 3.50. The van der Waals surface area contributed by atoms with Crippen LogP contribution in [0.2, 0.25) is 0 Å². The summed E-state index contributed by atoms with van der Waals surface area (Å²) >= 11 is 0. The molecule has 1 saturated heterocycles. The number of methoxy groups -OCH3 is 1. The third-order valence-corrected chi connectivity index (χ3v) is 5.04. The van der Waals surface area contributed by atoms with Gasteiger partial charge in [0.25, 0.3) is 0 Å². The van der Waals surface area contributed by atoms with Crippen LogP contribution in [-0.4, -0.2) is 55.0 Å². The molecule has 0 radical (unpaired) electrons. The van der Waals surface area contributed by atoms with Crippen molar-refractivity contribution < 1.29 is 13.9 Å². The standard InChI is InChI=1S/C22H26N4O3/c1-3-28-20-7-5-4-6-19(20)26-14-12-25(13-15-26)16-21-23-24-22(29-21)17-8-10-18(27-2)11-9-17/h4-11H,3,12-16H2,1-2H3. The van der Waals surface area contributed by atoms with E-state index in [0.717, 1.165) is 48.9 Å². The second-order valence-electron chi connectivity index (χ2n) is 6.89. The zero-order chi connectivity index (χ0) is 20.1. The zero-order valence-corrected chi connectivity index (χ0v) is 16.9. The first kappa shape index (κ1) is 19.3. The van der Waals surface area contributed by atoms with Gasteiger partial charge in [-0.25, -0.2) is 0 Å². The van der Waals surface area contributed by atoms with E-state index in [2.05, 4.69) is 32.1 Å². The van der Waals surface area contributed by atoms with Gasteiger partial charge in [0.1, 0.15) is 11.5 Å². The second kappa shape index (κ2) is 8.96. The average molecular weight is 394 g/mol. The Labute approximate surface area is 170 Å². The molecule has 4 rings (SSSR count). The summed E-state index contributed by atoms with van der Waals surface area (Å²) in [5.41, 5.74) is 2.05. The fourth-order valence-corrected chi connectivity index (χ4v) is 3.50. The highest BCUT2D eigenvalue weighted by molar-refractivity contribution is 5.58. The van der Waals surface area contributed by atoms with Gasteiger partial charge < -0.3 is 18.8 Å². The molecule has 0 aliphatic carbocycles. The topological polar surface area (TPSA) is 63.9 Å². The molecule has 0 saturated carbocycles. The lowest BCUT2D eigenvalue weighted by atomic mass is 10.2. The highest BCUT2D eigenvalue weighted by Crippen LogP contribution is 2.29. The van der Waals surface area contributed by atoms with Gasteiger partial charge in [-0.15, -0.1) is 10.2 Å². The van der Waals surface area contributed by atoms with Crippen molar-refractivity contribution in [2.75, 3.05) is 44.8 Å². The monoisotopic (exact) mass is 394 g/mol. The normalized spacial score (nSPS) is 14.8. The Hall–Kier alpha value is -3.06. The first-order valence-corrected chi connectivity index (χ1v) is 9.92. The minimum Gasteiger partial charge on any atom is -0.497 e. The summed E-state index contributed by atoms with van der Waals surface area (Å²) in [6.07, 6.45) is 0. The molecule has 0 amide bonds. The minimum atomic E-state index is 0.534. The predicted octanol–water partition coefficient (Wildman–Crippen LogP) is 3.47. The van der Waals surface area contributed by atoms with E-state index in [1.807, 2.05) is 43.3 Å². The van der Waals surface area contributed by atoms with Crippen LogP contribution in [-0.2, 0) is 6.54 Å². The molecule has 3 aromatic rings. The van der Waals surface area contributed by atoms with Gasteiger partial charge in [0, 0.05) is 31.7 Å². The fraction of sp³-hybridized carbons (Fsp3) is 0.364. The van der Waals surface area contributed by atoms with Crippen molar-refractivity contribution in [2.24, 2.45) is 0 Å². The van der Waals surface area contributed by atoms with Crippen LogP contribution in [0.25, 0.3) is 11.5 Å². The quantitative estimate of drug-likeness (QED) is 0.608. The molecule has 1 fully saturated rings. The van der Waals surface area contributed by atoms with Crippen LogP contribution in [0.15, 0.2) is 52.9 Å². The molecule has 1 aliphatic heterocycles. The van der Waals surface area contributed by atoms with Crippen molar-refractivity contribution in [3.63, 3.8) is 0 Å². The van der Waals surface area contributed by atoms with Crippen LogP contribution in [0, 0.1) is 0 Å². The Bertz CT molecular complexity index is 918. The molecule has 7 nitrogen and oxygen atoms in total. The summed E-state index contributed by atoms with van der Waals surface area (Å²) in [5.74, 6) is 2.92. The van der Waals surface area contributed by atoms with Gasteiger partial charge in [-0.05, 0) is 43.3 Å². The van der Waals surface area contributed by atoms with Crippen LogP contribution in [0.1, 0.15) is 12.8 Å². The van der Waals surface area contributed by atoms with Crippen molar-refractivity contribution >= 4 is 5.69 Å². The number of para-hydroxylation sites is 2. The van der Waals surface area contributed by atoms with E-state index < -0.39 is 0 Å². The van der Waals surface area contributed by atoms with Crippen molar-refractivity contribution in [1.29, 1.82) is 0 Å². The van der Waals surface area contributed by atoms with Gasteiger partial charge in [0.15, 0.2) is 0 Å². The Morgan fingerprint density at radius 2 is 1.72 bits per heavy atom. The van der Waals surface area contributed by atoms with E-state index in [9.17, 15) is 0 Å². The molecule has 1 aromatic heterocycles. The van der Waals surface area contributed by atoms with E-state index >= 15 is 0 Å². The van der Waals surface area contributed by atoms with Crippen LogP contribution in [0.3, 0.4) is 0 Å². The summed E-state index contributed by atoms with van der Waals surface area (Å²) in [6.45, 7) is 7.07. The number of hydrogen-bond donors (Lipinski definition) is 0. The van der Waals surface area contributed by atoms with Gasteiger partial charge in [0.05, 0.1) is 25.9 Å². The molecule has 0 unspecified atom stereocenters. The minimum absolute atomic E-state index is 0.534. The van der Waals surface area contributed by atoms with Crippen LogP contribution < -0.4 is 14.4 Å². The van der Waals surface area contributed by atoms with E-state index in [1.165, 1.54) is 0 Å². The molecule has 0 atom stereocenters. The maximum Gasteiger partial charge on any atom is 0.247 e. The molecule has 7 heteroatoms. The third-order valence-electron chi connectivity index (χ3n) is 5.04. The molecule has 1 aliphatic rings. The summed E-state index contributed by atoms with van der Waals surface area (Å²) in [5, 5.41) is 8.41. The van der Waals surface area contributed by atoms with E-state index in [4.69, 9.17) is 13.9 Å². The van der Waals surface area contributed by atoms with Crippen LogP contribution >= 0.6 is 0 Å². The Morgan fingerprint density at radius 1 is 0.966 bits per heavy atom. The van der Waals surface area contributed by atoms with Crippen LogP contribution in [0.5, 0.6) is 11.5 Å². The summed E-state index contributed by atoms with van der Waals surface area (Å²) in [4.78, 5) is 4.71. The second-order valence-corrected chi connectivity index (χ2v) is 6.89. The average Bonchev–Trinajstić information content (AvgIpc) is 3.23. The third kappa shape index (κ3) is 4.51. The molecular weight excluding hydrogens is 368 g/mol. The molecule has 152 valence electrons. The number of nitrogens with zero attached hydrogens (tertiary/aromatic N) is 4. The maximum absolute atomic E-state index is 5.87. The number of anilines is 1. The van der Waals surface area contributed by atoms with Crippen molar-refractivity contribution in [1.82, 2.24) is 15.1 Å². The Kier molecular flexibility index (Phi) is 5.95. The molecule has 0 bridgehead atoms. The number of aromatic nitrogens is 2. The van der Waals surface area contributed by atoms with E-state index in [0.29, 0.717) is 24.9 Å². The highest BCUT2D eigenvalue weighted by atomic mass is 16.5. The van der Waals surface area contributed by atoms with Gasteiger partial charge in [0.2, 0.25) is 11.8 Å². The molecule has 2 heterocycles. The summed E-state index contributed by atoms with van der Waals surface area (Å²) < 4.78 is 16.8. The first-order chi connectivity index (χ1) is 14.3. The van der Waals surface area contributed by atoms with Crippen molar-refractivity contribution in [2.45, 2.75) is 13.5 Å². The summed E-state index contributed by atoms with van der Waals surface area (Å²) in [7, 11) is 1.65. The first-order valence-electron chi connectivity index (χ1n) is 9.92. The number of rotatable bonds is 7. The smallest absolute Gasteiger partial charge is 0.247 e. The molecule has 2 aromatic carbocycles. The highest BCUT2D eigenvalue weighted by Gasteiger charge is 2.21. The van der Waals surface area contributed by atoms with Gasteiger partial charge >= 0.3 is 0 Å². The van der Waals surface area contributed by atoms with Crippen molar-refractivity contribution in [3.8, 4) is 23.0 Å². The van der Waals surface area contributed by atoms with E-state index in [1.54, 1.807) is 7.11 Å². The number of benzene rings is 2. The Balaban J connectivity index is 1.35. The SMILES string of the molecule is CCOc1ccccc1N1CCN(Cc2nnc(-c3ccc(OC)cc3)o2)CC1. The lowest BCUT2D eigenvalue weighted by Gasteiger charge is -2.36. The Morgan fingerprint density at radius 3 is 2.45 bits per heavy atom. The molecule has 29 heavy (non-hydrogen) atoms. The van der Waals surface area contributed by atoms with Gasteiger partial charge in [-0.1, -0.05) is 12.1 Å². The number of piperazine rings is 1. The lowest BCUT2D eigenvalue weighted by Crippen LogP contribution is -2.46.